The summed E-state index contributed by atoms with van der Waals surface area (Å²) in [6, 6.07) is 19.0. The predicted molar refractivity (Wildman–Crippen MR) is 129 cm³/mol. The molecule has 0 saturated heterocycles. The summed E-state index contributed by atoms with van der Waals surface area (Å²) in [5.41, 5.74) is 3.98. The summed E-state index contributed by atoms with van der Waals surface area (Å²) < 4.78 is 28.1. The van der Waals surface area contributed by atoms with E-state index < -0.39 is 10.0 Å². The molecule has 1 heterocycles. The first-order valence-corrected chi connectivity index (χ1v) is 12.2. The number of sulfonamides is 1. The highest BCUT2D eigenvalue weighted by atomic mass is 32.2. The zero-order valence-corrected chi connectivity index (χ0v) is 19.1. The average molecular weight is 464 g/mol. The quantitative estimate of drug-likeness (QED) is 0.396. The summed E-state index contributed by atoms with van der Waals surface area (Å²) in [6.07, 6.45) is 1.75. The number of carbonyl (C=O) groups is 1. The first-order valence-electron chi connectivity index (χ1n) is 9.83. The predicted octanol–water partition coefficient (Wildman–Crippen LogP) is 5.48. The average Bonchev–Trinajstić information content (AvgIpc) is 3.31. The minimum absolute atomic E-state index is 0.237. The summed E-state index contributed by atoms with van der Waals surface area (Å²) in [6.45, 7) is 3.60. The van der Waals surface area contributed by atoms with Crippen LogP contribution < -0.4 is 10.0 Å². The van der Waals surface area contributed by atoms with Crippen LogP contribution in [0.1, 0.15) is 21.5 Å². The first-order chi connectivity index (χ1) is 15.3. The van der Waals surface area contributed by atoms with E-state index in [2.05, 4.69) is 15.0 Å². The molecule has 0 atom stereocenters. The van der Waals surface area contributed by atoms with E-state index in [1.165, 1.54) is 0 Å². The first kappa shape index (κ1) is 21.7. The fraction of sp³-hybridized carbons (Fsp3) is 0.0833. The van der Waals surface area contributed by atoms with Crippen LogP contribution in [0.15, 0.2) is 83.2 Å². The van der Waals surface area contributed by atoms with Gasteiger partial charge in [0.1, 0.15) is 5.01 Å². The monoisotopic (exact) mass is 463 g/mol. The lowest BCUT2D eigenvalue weighted by Crippen LogP contribution is -2.15. The van der Waals surface area contributed by atoms with Gasteiger partial charge in [-0.1, -0.05) is 12.1 Å². The minimum atomic E-state index is -3.73. The van der Waals surface area contributed by atoms with Crippen LogP contribution in [-0.4, -0.2) is 19.3 Å². The van der Waals surface area contributed by atoms with Gasteiger partial charge in [0.2, 0.25) is 0 Å². The second kappa shape index (κ2) is 8.94. The number of hydrogen-bond acceptors (Lipinski definition) is 5. The molecule has 32 heavy (non-hydrogen) atoms. The molecule has 1 amide bonds. The lowest BCUT2D eigenvalue weighted by Gasteiger charge is -2.12. The highest BCUT2D eigenvalue weighted by molar-refractivity contribution is 7.92. The molecule has 4 rings (SSSR count). The van der Waals surface area contributed by atoms with Crippen molar-refractivity contribution in [2.24, 2.45) is 0 Å². The molecule has 0 bridgehead atoms. The molecule has 0 radical (unpaired) electrons. The van der Waals surface area contributed by atoms with Crippen molar-refractivity contribution in [3.8, 4) is 10.6 Å². The van der Waals surface area contributed by atoms with Crippen LogP contribution in [-0.2, 0) is 10.0 Å². The van der Waals surface area contributed by atoms with Crippen LogP contribution >= 0.6 is 11.3 Å². The van der Waals surface area contributed by atoms with E-state index in [1.807, 2.05) is 42.6 Å². The number of amides is 1. The maximum Gasteiger partial charge on any atom is 0.262 e. The lowest BCUT2D eigenvalue weighted by atomic mass is 10.1. The van der Waals surface area contributed by atoms with Gasteiger partial charge in [-0.3, -0.25) is 9.52 Å². The van der Waals surface area contributed by atoms with E-state index in [4.69, 9.17) is 0 Å². The molecule has 1 aromatic heterocycles. The molecule has 0 unspecified atom stereocenters. The van der Waals surface area contributed by atoms with Gasteiger partial charge < -0.3 is 5.32 Å². The van der Waals surface area contributed by atoms with Crippen LogP contribution in [0.25, 0.3) is 10.6 Å². The fourth-order valence-corrected chi connectivity index (χ4v) is 5.20. The molecule has 4 aromatic rings. The van der Waals surface area contributed by atoms with Gasteiger partial charge in [-0.2, -0.15) is 0 Å². The second-order valence-corrected chi connectivity index (χ2v) is 9.87. The van der Waals surface area contributed by atoms with Crippen molar-refractivity contribution in [3.05, 3.63) is 95.0 Å². The Bertz CT molecular complexity index is 1350. The van der Waals surface area contributed by atoms with E-state index in [0.29, 0.717) is 22.5 Å². The Morgan fingerprint density at radius 1 is 0.906 bits per heavy atom. The summed E-state index contributed by atoms with van der Waals surface area (Å²) >= 11 is 1.55. The molecule has 0 saturated carbocycles. The van der Waals surface area contributed by atoms with Crippen molar-refractivity contribution in [1.82, 2.24) is 4.98 Å². The number of nitrogens with zero attached hydrogens (tertiary/aromatic N) is 1. The van der Waals surface area contributed by atoms with E-state index in [9.17, 15) is 13.2 Å². The van der Waals surface area contributed by atoms with Gasteiger partial charge in [-0.25, -0.2) is 13.4 Å². The fourth-order valence-electron chi connectivity index (χ4n) is 3.16. The summed E-state index contributed by atoms with van der Waals surface area (Å²) in [7, 11) is -3.73. The van der Waals surface area contributed by atoms with Crippen molar-refractivity contribution in [1.29, 1.82) is 0 Å². The molecular weight excluding hydrogens is 442 g/mol. The number of rotatable bonds is 6. The zero-order chi connectivity index (χ0) is 22.7. The lowest BCUT2D eigenvalue weighted by molar-refractivity contribution is 0.102. The van der Waals surface area contributed by atoms with Crippen molar-refractivity contribution >= 4 is 38.6 Å². The van der Waals surface area contributed by atoms with Crippen LogP contribution in [0.2, 0.25) is 0 Å². The Balaban J connectivity index is 1.44. The van der Waals surface area contributed by atoms with E-state index in [1.54, 1.807) is 60.9 Å². The number of aryl methyl sites for hydroxylation is 2. The summed E-state index contributed by atoms with van der Waals surface area (Å²) in [4.78, 5) is 17.1. The maximum atomic E-state index is 12.8. The maximum absolute atomic E-state index is 12.8. The van der Waals surface area contributed by atoms with E-state index in [-0.39, 0.29) is 10.8 Å². The Hall–Kier alpha value is -3.49. The third-order valence-electron chi connectivity index (χ3n) is 4.85. The smallest absolute Gasteiger partial charge is 0.262 e. The topological polar surface area (TPSA) is 88.2 Å². The molecule has 0 fully saturated rings. The van der Waals surface area contributed by atoms with E-state index >= 15 is 0 Å². The highest BCUT2D eigenvalue weighted by Crippen LogP contribution is 2.24. The number of aromatic nitrogens is 1. The van der Waals surface area contributed by atoms with Crippen molar-refractivity contribution in [2.45, 2.75) is 18.7 Å². The number of anilines is 2. The Morgan fingerprint density at radius 3 is 2.25 bits per heavy atom. The standard InChI is InChI=1S/C24H21N3O3S2/c1-16-3-4-17(2)22(15-16)32(29,30)27-21-11-5-18(6-12-21)23(28)26-20-9-7-19(8-10-20)24-25-13-14-31-24/h3-15,27H,1-2H3,(H,26,28). The van der Waals surface area contributed by atoms with Crippen LogP contribution in [0, 0.1) is 13.8 Å². The van der Waals surface area contributed by atoms with Gasteiger partial charge in [0.05, 0.1) is 4.90 Å². The molecule has 3 aromatic carbocycles. The van der Waals surface area contributed by atoms with Gasteiger partial charge >= 0.3 is 0 Å². The highest BCUT2D eigenvalue weighted by Gasteiger charge is 2.17. The molecule has 8 heteroatoms. The Labute approximate surface area is 191 Å². The van der Waals surface area contributed by atoms with Gasteiger partial charge in [0.15, 0.2) is 0 Å². The van der Waals surface area contributed by atoms with Gasteiger partial charge in [-0.05, 0) is 79.6 Å². The number of hydrogen-bond donors (Lipinski definition) is 2. The third kappa shape index (κ3) is 4.87. The molecule has 0 aliphatic rings. The third-order valence-corrected chi connectivity index (χ3v) is 7.20. The van der Waals surface area contributed by atoms with Crippen molar-refractivity contribution in [3.63, 3.8) is 0 Å². The molecule has 0 aliphatic carbocycles. The zero-order valence-electron chi connectivity index (χ0n) is 17.5. The minimum Gasteiger partial charge on any atom is -0.322 e. The number of nitrogens with one attached hydrogen (secondary N) is 2. The van der Waals surface area contributed by atoms with Gasteiger partial charge in [0.25, 0.3) is 15.9 Å². The molecule has 162 valence electrons. The van der Waals surface area contributed by atoms with Crippen LogP contribution in [0.3, 0.4) is 0 Å². The summed E-state index contributed by atoms with van der Waals surface area (Å²) in [5.74, 6) is -0.282. The van der Waals surface area contributed by atoms with Crippen LogP contribution in [0.4, 0.5) is 11.4 Å². The van der Waals surface area contributed by atoms with Crippen molar-refractivity contribution in [2.75, 3.05) is 10.0 Å². The largest absolute Gasteiger partial charge is 0.322 e. The van der Waals surface area contributed by atoms with Crippen molar-refractivity contribution < 1.29 is 13.2 Å². The van der Waals surface area contributed by atoms with Gasteiger partial charge in [0, 0.05) is 34.1 Å². The van der Waals surface area contributed by atoms with E-state index in [0.717, 1.165) is 16.1 Å². The molecule has 0 aliphatic heterocycles. The normalized spacial score (nSPS) is 11.2. The number of benzene rings is 3. The number of carbonyl (C=O) groups excluding carboxylic acids is 1. The SMILES string of the molecule is Cc1ccc(C)c(S(=O)(=O)Nc2ccc(C(=O)Nc3ccc(-c4nccs4)cc3)cc2)c1. The Morgan fingerprint density at radius 2 is 1.59 bits per heavy atom. The van der Waals surface area contributed by atoms with Crippen LogP contribution in [0.5, 0.6) is 0 Å². The Kier molecular flexibility index (Phi) is 6.07. The summed E-state index contributed by atoms with van der Waals surface area (Å²) in [5, 5.41) is 5.68. The molecule has 6 nitrogen and oxygen atoms in total. The molecule has 0 spiro atoms. The molecule has 2 N–H and O–H groups in total. The molecular formula is C24H21N3O3S2. The van der Waals surface area contributed by atoms with Gasteiger partial charge in [-0.15, -0.1) is 11.3 Å². The second-order valence-electron chi connectivity index (χ2n) is 7.32. The number of thiazole rings is 1.